The molecule has 1 N–H and O–H groups in total. The molecular weight excluding hydrogens is 530 g/mol. The van der Waals surface area contributed by atoms with E-state index in [1.807, 2.05) is 0 Å². The fraction of sp³-hybridized carbons (Fsp3) is 0.125. The molecule has 9 nitrogen and oxygen atoms in total. The summed E-state index contributed by atoms with van der Waals surface area (Å²) in [7, 11) is 0. The lowest BCUT2D eigenvalue weighted by molar-refractivity contribution is -0.127. The summed E-state index contributed by atoms with van der Waals surface area (Å²) in [4.78, 5) is 45.6. The van der Waals surface area contributed by atoms with Crippen LogP contribution in [0.15, 0.2) is 53.6 Å². The molecule has 3 aromatic rings. The van der Waals surface area contributed by atoms with Gasteiger partial charge in [0.15, 0.2) is 11.5 Å². The number of amides is 3. The highest BCUT2D eigenvalue weighted by Gasteiger charge is 2.36. The Labute approximate surface area is 218 Å². The van der Waals surface area contributed by atoms with Crippen molar-refractivity contribution in [2.75, 3.05) is 18.5 Å². The van der Waals surface area contributed by atoms with Crippen LogP contribution in [0.5, 0.6) is 17.4 Å². The van der Waals surface area contributed by atoms with Crippen LogP contribution in [0.4, 0.5) is 19.3 Å². The fourth-order valence-corrected chi connectivity index (χ4v) is 4.10. The first-order valence-corrected chi connectivity index (χ1v) is 11.9. The van der Waals surface area contributed by atoms with Crippen molar-refractivity contribution in [2.45, 2.75) is 6.92 Å². The number of carbonyl (C=O) groups excluding carboxylic acids is 3. The van der Waals surface area contributed by atoms with Crippen molar-refractivity contribution in [1.82, 2.24) is 14.9 Å². The summed E-state index contributed by atoms with van der Waals surface area (Å²) in [5.74, 6) is -2.59. The number of hydrogen-bond donors (Lipinski definition) is 1. The second-order valence-electron chi connectivity index (χ2n) is 7.36. The maximum Gasteiger partial charge on any atom is 0.294 e. The summed E-state index contributed by atoms with van der Waals surface area (Å²) in [6.45, 7) is 1.48. The van der Waals surface area contributed by atoms with E-state index in [0.29, 0.717) is 23.0 Å². The third-order valence-corrected chi connectivity index (χ3v) is 5.85. The second kappa shape index (κ2) is 11.4. The predicted molar refractivity (Wildman–Crippen MR) is 132 cm³/mol. The molecule has 37 heavy (non-hydrogen) atoms. The van der Waals surface area contributed by atoms with E-state index in [1.54, 1.807) is 13.0 Å². The van der Waals surface area contributed by atoms with Crippen molar-refractivity contribution in [3.63, 3.8) is 0 Å². The zero-order valence-electron chi connectivity index (χ0n) is 19.0. The van der Waals surface area contributed by atoms with Crippen LogP contribution in [-0.2, 0) is 9.59 Å². The first-order chi connectivity index (χ1) is 17.7. The predicted octanol–water partition coefficient (Wildman–Crippen LogP) is 5.27. The van der Waals surface area contributed by atoms with Gasteiger partial charge in [-0.2, -0.15) is 9.37 Å². The number of rotatable bonds is 8. The highest BCUT2D eigenvalue weighted by molar-refractivity contribution is 8.18. The molecule has 0 saturated carbocycles. The highest BCUT2D eigenvalue weighted by atomic mass is 35.5. The highest BCUT2D eigenvalue weighted by Crippen LogP contribution is 2.36. The van der Waals surface area contributed by atoms with Crippen molar-refractivity contribution < 1.29 is 32.6 Å². The number of nitrogens with one attached hydrogen (secondary N) is 1. The third-order valence-electron chi connectivity index (χ3n) is 4.76. The third kappa shape index (κ3) is 6.40. The van der Waals surface area contributed by atoms with E-state index >= 15 is 0 Å². The van der Waals surface area contributed by atoms with Crippen LogP contribution >= 0.6 is 23.4 Å². The topological polar surface area (TPSA) is 111 Å². The Morgan fingerprint density at radius 1 is 1.16 bits per heavy atom. The van der Waals surface area contributed by atoms with E-state index in [4.69, 9.17) is 21.1 Å². The second-order valence-corrected chi connectivity index (χ2v) is 8.69. The van der Waals surface area contributed by atoms with E-state index < -0.39 is 41.1 Å². The maximum absolute atomic E-state index is 14.0. The molecule has 1 aliphatic rings. The number of carbonyl (C=O) groups is 3. The molecule has 0 radical (unpaired) electrons. The quantitative estimate of drug-likeness (QED) is 0.300. The van der Waals surface area contributed by atoms with Gasteiger partial charge in [0.05, 0.1) is 17.7 Å². The normalized spacial score (nSPS) is 14.3. The lowest BCUT2D eigenvalue weighted by Crippen LogP contribution is -2.36. The van der Waals surface area contributed by atoms with Crippen LogP contribution in [0.25, 0.3) is 6.08 Å². The molecule has 0 spiro atoms. The number of thioether (sulfide) groups is 1. The Balaban J connectivity index is 1.49. The molecule has 0 unspecified atom stereocenters. The summed E-state index contributed by atoms with van der Waals surface area (Å²) in [5, 5.41) is 1.68. The Hall–Kier alpha value is -4.03. The van der Waals surface area contributed by atoms with E-state index in [0.717, 1.165) is 11.1 Å². The van der Waals surface area contributed by atoms with Crippen LogP contribution < -0.4 is 14.8 Å². The Bertz CT molecular complexity index is 1400. The van der Waals surface area contributed by atoms with Crippen molar-refractivity contribution in [1.29, 1.82) is 0 Å². The van der Waals surface area contributed by atoms with E-state index in [9.17, 15) is 23.2 Å². The monoisotopic (exact) mass is 546 g/mol. The summed E-state index contributed by atoms with van der Waals surface area (Å²) >= 11 is 6.38. The average Bonchev–Trinajstić information content (AvgIpc) is 3.11. The number of imide groups is 1. The number of aromatic nitrogens is 2. The average molecular weight is 547 g/mol. The molecule has 1 saturated heterocycles. The first-order valence-electron chi connectivity index (χ1n) is 10.7. The Morgan fingerprint density at radius 2 is 1.92 bits per heavy atom. The summed E-state index contributed by atoms with van der Waals surface area (Å²) in [5.41, 5.74) is 0.807. The molecule has 4 rings (SSSR count). The van der Waals surface area contributed by atoms with Gasteiger partial charge in [-0.05, 0) is 78.3 Å². The van der Waals surface area contributed by atoms with Crippen LogP contribution in [0.2, 0.25) is 5.28 Å². The molecule has 190 valence electrons. The lowest BCUT2D eigenvalue weighted by Gasteiger charge is -2.13. The van der Waals surface area contributed by atoms with Gasteiger partial charge >= 0.3 is 0 Å². The molecule has 1 aromatic heterocycles. The summed E-state index contributed by atoms with van der Waals surface area (Å²) in [6, 6.07) is 9.64. The fourth-order valence-electron chi connectivity index (χ4n) is 3.14. The van der Waals surface area contributed by atoms with Gasteiger partial charge in [-0.1, -0.05) is 6.07 Å². The smallest absolute Gasteiger partial charge is 0.294 e. The standard InChI is InChI=1S/C24H17ClF2N4O5S/c1-2-35-18-9-13(3-8-17(18)36-21-16(27)11-28-23(25)30-21)10-19-22(33)31(24(34)37-19)12-20(32)29-15-6-4-14(26)5-7-15/h3-11H,2,12H2,1H3,(H,29,32)/b19-10+. The van der Waals surface area contributed by atoms with Crippen LogP contribution in [0, 0.1) is 11.6 Å². The number of nitrogens with zero attached hydrogens (tertiary/aromatic N) is 3. The first kappa shape index (κ1) is 26.0. The number of ether oxygens (including phenoxy) is 2. The van der Waals surface area contributed by atoms with Gasteiger partial charge in [0.1, 0.15) is 12.4 Å². The minimum Gasteiger partial charge on any atom is -0.490 e. The molecule has 1 aliphatic heterocycles. The van der Waals surface area contributed by atoms with Crippen LogP contribution in [0.1, 0.15) is 12.5 Å². The van der Waals surface area contributed by atoms with Crippen molar-refractivity contribution >= 4 is 52.2 Å². The van der Waals surface area contributed by atoms with Crippen LogP contribution in [0.3, 0.4) is 0 Å². The number of anilines is 1. The Morgan fingerprint density at radius 3 is 2.65 bits per heavy atom. The van der Waals surface area contributed by atoms with Gasteiger partial charge in [0, 0.05) is 5.69 Å². The molecular formula is C24H17ClF2N4O5S. The Kier molecular flexibility index (Phi) is 7.99. The summed E-state index contributed by atoms with van der Waals surface area (Å²) in [6.07, 6.45) is 2.33. The van der Waals surface area contributed by atoms with Gasteiger partial charge in [0.2, 0.25) is 17.0 Å². The molecule has 13 heteroatoms. The summed E-state index contributed by atoms with van der Waals surface area (Å²) < 4.78 is 38.1. The molecule has 2 aromatic carbocycles. The van der Waals surface area contributed by atoms with Crippen molar-refractivity contribution in [2.24, 2.45) is 0 Å². The molecule has 0 atom stereocenters. The van der Waals surface area contributed by atoms with E-state index in [1.165, 1.54) is 42.5 Å². The molecule has 0 aliphatic carbocycles. The van der Waals surface area contributed by atoms with Crippen molar-refractivity contribution in [3.05, 3.63) is 76.0 Å². The molecule has 0 bridgehead atoms. The van der Waals surface area contributed by atoms with Gasteiger partial charge in [0.25, 0.3) is 17.0 Å². The molecule has 2 heterocycles. The van der Waals surface area contributed by atoms with Gasteiger partial charge < -0.3 is 14.8 Å². The molecule has 1 fully saturated rings. The largest absolute Gasteiger partial charge is 0.490 e. The minimum atomic E-state index is -0.826. The van der Waals surface area contributed by atoms with Crippen LogP contribution in [-0.4, -0.2) is 45.1 Å². The number of hydrogen-bond acceptors (Lipinski definition) is 8. The van der Waals surface area contributed by atoms with Gasteiger partial charge in [-0.25, -0.2) is 9.37 Å². The zero-order chi connectivity index (χ0) is 26.5. The van der Waals surface area contributed by atoms with E-state index in [-0.39, 0.29) is 28.3 Å². The number of halogens is 3. The van der Waals surface area contributed by atoms with Gasteiger partial charge in [-0.15, -0.1) is 0 Å². The lowest BCUT2D eigenvalue weighted by atomic mass is 10.2. The number of benzene rings is 2. The minimum absolute atomic E-state index is 0.0873. The van der Waals surface area contributed by atoms with Crippen molar-refractivity contribution in [3.8, 4) is 17.4 Å². The zero-order valence-corrected chi connectivity index (χ0v) is 20.6. The SMILES string of the molecule is CCOc1cc(/C=C2/SC(=O)N(CC(=O)Nc3ccc(F)cc3)C2=O)ccc1Oc1nc(Cl)ncc1F. The molecule has 3 amide bonds. The van der Waals surface area contributed by atoms with E-state index in [2.05, 4.69) is 15.3 Å². The maximum atomic E-state index is 14.0. The van der Waals surface area contributed by atoms with Gasteiger partial charge in [-0.3, -0.25) is 19.3 Å².